The molecule has 0 saturated carbocycles. The Bertz CT molecular complexity index is 216. The molecule has 0 amide bonds. The van der Waals surface area contributed by atoms with Gasteiger partial charge in [-0.2, -0.15) is 0 Å². The second-order valence-electron chi connectivity index (χ2n) is 2.65. The largest absolute Gasteiger partial charge is 0.377 e. The number of benzene rings is 1. The molecule has 0 fully saturated rings. The lowest BCUT2D eigenvalue weighted by molar-refractivity contribution is 1.12. The van der Waals surface area contributed by atoms with Gasteiger partial charge in [0.25, 0.3) is 0 Å². The fourth-order valence-electron chi connectivity index (χ4n) is 0.822. The molecule has 0 spiro atoms. The maximum absolute atomic E-state index is 3.13. The average Bonchev–Trinajstić information content (AvgIpc) is 1.88. The summed E-state index contributed by atoms with van der Waals surface area (Å²) in [7, 11) is 4.04. The first-order chi connectivity index (χ1) is 4.70. The zero-order valence-electron chi connectivity index (χ0n) is 6.68. The van der Waals surface area contributed by atoms with E-state index in [2.05, 4.69) is 19.1 Å². The van der Waals surface area contributed by atoms with Gasteiger partial charge >= 0.3 is 0 Å². The lowest BCUT2D eigenvalue weighted by Crippen LogP contribution is -2.08. The molecule has 53 valence electrons. The van der Waals surface area contributed by atoms with Crippen LogP contribution in [0.5, 0.6) is 0 Å². The third kappa shape index (κ3) is 1.50. The molecule has 0 atom stereocenters. The fourth-order valence-corrected chi connectivity index (χ4v) is 0.822. The second kappa shape index (κ2) is 2.74. The van der Waals surface area contributed by atoms with Crippen LogP contribution in [-0.2, 0) is 0 Å². The maximum atomic E-state index is 3.13. The molecule has 1 aromatic rings. The Balaban J connectivity index is 2.96. The number of rotatable bonds is 1. The summed E-state index contributed by atoms with van der Waals surface area (Å²) in [6.45, 7) is 2.08. The van der Waals surface area contributed by atoms with E-state index in [9.17, 15) is 0 Å². The first kappa shape index (κ1) is 7.13. The lowest BCUT2D eigenvalue weighted by atomic mass is 10.2. The van der Waals surface area contributed by atoms with Crippen LogP contribution in [0.2, 0.25) is 0 Å². The highest BCUT2D eigenvalue weighted by molar-refractivity contribution is 5.45. The summed E-state index contributed by atoms with van der Waals surface area (Å²) in [6, 6.07) is 9.24. The highest BCUT2D eigenvalue weighted by Gasteiger charge is 1.92. The second-order valence-corrected chi connectivity index (χ2v) is 2.65. The zero-order valence-corrected chi connectivity index (χ0v) is 6.68. The number of hydrogen-bond acceptors (Lipinski definition) is 1. The number of anilines is 1. The van der Waals surface area contributed by atoms with Gasteiger partial charge in [0.1, 0.15) is 0 Å². The molecule has 1 radical (unpaired) electrons. The topological polar surface area (TPSA) is 3.24 Å². The summed E-state index contributed by atoms with van der Waals surface area (Å²) in [5.41, 5.74) is 2.42. The molecule has 10 heavy (non-hydrogen) atoms. The smallest absolute Gasteiger partial charge is 0.0444 e. The van der Waals surface area contributed by atoms with Gasteiger partial charge in [0.05, 0.1) is 0 Å². The Kier molecular flexibility index (Phi) is 1.95. The van der Waals surface area contributed by atoms with Crippen LogP contribution in [0.25, 0.3) is 0 Å². The van der Waals surface area contributed by atoms with Crippen molar-refractivity contribution in [3.63, 3.8) is 0 Å². The molecular formula is C9H12N. The standard InChI is InChI=1S/C9H12N/c1-8-5-4-6-9(7-8)10(2)3/h4-5,7H,1-3H3. The van der Waals surface area contributed by atoms with Crippen molar-refractivity contribution in [1.82, 2.24) is 0 Å². The van der Waals surface area contributed by atoms with Crippen molar-refractivity contribution in [3.05, 3.63) is 29.8 Å². The molecule has 0 heterocycles. The molecule has 0 bridgehead atoms. The number of hydrogen-bond donors (Lipinski definition) is 0. The van der Waals surface area contributed by atoms with Crippen LogP contribution >= 0.6 is 0 Å². The van der Waals surface area contributed by atoms with Gasteiger partial charge in [0.2, 0.25) is 0 Å². The summed E-state index contributed by atoms with van der Waals surface area (Å²) < 4.78 is 0. The minimum Gasteiger partial charge on any atom is -0.377 e. The average molecular weight is 134 g/mol. The van der Waals surface area contributed by atoms with Gasteiger partial charge in [-0.1, -0.05) is 12.1 Å². The van der Waals surface area contributed by atoms with Gasteiger partial charge in [0.15, 0.2) is 0 Å². The quantitative estimate of drug-likeness (QED) is 0.566. The van der Waals surface area contributed by atoms with E-state index < -0.39 is 0 Å². The van der Waals surface area contributed by atoms with Crippen LogP contribution in [0.1, 0.15) is 5.56 Å². The first-order valence-corrected chi connectivity index (χ1v) is 3.36. The van der Waals surface area contributed by atoms with Crippen LogP contribution in [0.3, 0.4) is 0 Å². The maximum Gasteiger partial charge on any atom is 0.0444 e. The van der Waals surface area contributed by atoms with Crippen molar-refractivity contribution in [3.8, 4) is 0 Å². The Morgan fingerprint density at radius 1 is 1.40 bits per heavy atom. The third-order valence-electron chi connectivity index (χ3n) is 1.42. The van der Waals surface area contributed by atoms with Gasteiger partial charge in [-0.15, -0.1) is 0 Å². The normalized spacial score (nSPS) is 9.50. The molecule has 0 aliphatic heterocycles. The van der Waals surface area contributed by atoms with E-state index in [1.54, 1.807) is 0 Å². The van der Waals surface area contributed by atoms with Crippen LogP contribution in [0, 0.1) is 13.0 Å². The molecule has 0 aliphatic rings. The van der Waals surface area contributed by atoms with Crippen molar-refractivity contribution in [2.75, 3.05) is 19.0 Å². The van der Waals surface area contributed by atoms with Crippen LogP contribution in [-0.4, -0.2) is 14.1 Å². The number of nitrogens with zero attached hydrogens (tertiary/aromatic N) is 1. The van der Waals surface area contributed by atoms with Gasteiger partial charge in [-0.3, -0.25) is 0 Å². The summed E-state index contributed by atoms with van der Waals surface area (Å²) in [6.07, 6.45) is 0. The molecule has 0 unspecified atom stereocenters. The lowest BCUT2D eigenvalue weighted by Gasteiger charge is -2.11. The SMILES string of the molecule is Cc1cc[c]c(N(C)C)c1. The molecule has 0 aromatic heterocycles. The van der Waals surface area contributed by atoms with E-state index in [1.165, 1.54) is 5.56 Å². The predicted octanol–water partition coefficient (Wildman–Crippen LogP) is 1.86. The van der Waals surface area contributed by atoms with Crippen molar-refractivity contribution < 1.29 is 0 Å². The van der Waals surface area contributed by atoms with E-state index in [1.807, 2.05) is 31.1 Å². The summed E-state index contributed by atoms with van der Waals surface area (Å²) >= 11 is 0. The minimum absolute atomic E-state index is 1.14. The molecule has 0 N–H and O–H groups in total. The van der Waals surface area contributed by atoms with E-state index >= 15 is 0 Å². The fraction of sp³-hybridized carbons (Fsp3) is 0.333. The van der Waals surface area contributed by atoms with Crippen molar-refractivity contribution in [1.29, 1.82) is 0 Å². The Morgan fingerprint density at radius 2 is 2.10 bits per heavy atom. The van der Waals surface area contributed by atoms with Gasteiger partial charge in [-0.25, -0.2) is 0 Å². The van der Waals surface area contributed by atoms with Crippen LogP contribution in [0.15, 0.2) is 18.2 Å². The van der Waals surface area contributed by atoms with E-state index in [0.717, 1.165) is 5.69 Å². The van der Waals surface area contributed by atoms with Crippen LogP contribution < -0.4 is 4.90 Å². The summed E-state index contributed by atoms with van der Waals surface area (Å²) in [5.74, 6) is 0. The molecule has 1 rings (SSSR count). The van der Waals surface area contributed by atoms with Crippen molar-refractivity contribution in [2.45, 2.75) is 6.92 Å². The van der Waals surface area contributed by atoms with E-state index in [-0.39, 0.29) is 0 Å². The molecular weight excluding hydrogens is 122 g/mol. The molecule has 1 nitrogen and oxygen atoms in total. The Hall–Kier alpha value is -0.980. The number of aryl methyl sites for hydroxylation is 1. The first-order valence-electron chi connectivity index (χ1n) is 3.36. The van der Waals surface area contributed by atoms with E-state index in [0.29, 0.717) is 0 Å². The van der Waals surface area contributed by atoms with Crippen LogP contribution in [0.4, 0.5) is 5.69 Å². The highest BCUT2D eigenvalue weighted by Crippen LogP contribution is 2.10. The third-order valence-corrected chi connectivity index (χ3v) is 1.42. The zero-order chi connectivity index (χ0) is 7.56. The molecule has 1 heteroatoms. The molecule has 0 aliphatic carbocycles. The van der Waals surface area contributed by atoms with Gasteiger partial charge in [0, 0.05) is 25.8 Å². The van der Waals surface area contributed by atoms with Crippen molar-refractivity contribution >= 4 is 5.69 Å². The molecule has 0 saturated heterocycles. The Labute approximate surface area is 62.3 Å². The highest BCUT2D eigenvalue weighted by atomic mass is 15.1. The predicted molar refractivity (Wildman–Crippen MR) is 44.3 cm³/mol. The Morgan fingerprint density at radius 3 is 2.50 bits per heavy atom. The summed E-state index contributed by atoms with van der Waals surface area (Å²) in [4.78, 5) is 2.05. The van der Waals surface area contributed by atoms with Gasteiger partial charge in [-0.05, 0) is 18.6 Å². The van der Waals surface area contributed by atoms with Crippen molar-refractivity contribution in [2.24, 2.45) is 0 Å². The monoisotopic (exact) mass is 134 g/mol. The molecule has 1 aromatic carbocycles. The minimum atomic E-state index is 1.14. The summed E-state index contributed by atoms with van der Waals surface area (Å²) in [5, 5.41) is 0. The van der Waals surface area contributed by atoms with Gasteiger partial charge < -0.3 is 4.90 Å². The van der Waals surface area contributed by atoms with E-state index in [4.69, 9.17) is 0 Å².